The monoisotopic (exact) mass is 458 g/mol. The summed E-state index contributed by atoms with van der Waals surface area (Å²) >= 11 is 0. The van der Waals surface area contributed by atoms with E-state index in [1.54, 1.807) is 24.3 Å². The van der Waals surface area contributed by atoms with E-state index in [0.29, 0.717) is 24.1 Å². The van der Waals surface area contributed by atoms with Crippen molar-refractivity contribution in [2.24, 2.45) is 0 Å². The number of aryl methyl sites for hydroxylation is 1. The molecule has 2 amide bonds. The number of amides is 2. The third-order valence-electron chi connectivity index (χ3n) is 6.77. The van der Waals surface area contributed by atoms with E-state index in [0.717, 1.165) is 51.4 Å². The summed E-state index contributed by atoms with van der Waals surface area (Å²) in [7, 11) is 4.39. The molecule has 6 heteroatoms. The minimum atomic E-state index is -0.222. The van der Waals surface area contributed by atoms with Crippen molar-refractivity contribution in [2.75, 3.05) is 59.9 Å². The fourth-order valence-corrected chi connectivity index (χ4v) is 4.39. The van der Waals surface area contributed by atoms with Crippen molar-refractivity contribution in [1.82, 2.24) is 19.6 Å². The van der Waals surface area contributed by atoms with Crippen LogP contribution in [-0.2, 0) is 6.54 Å². The average Bonchev–Trinajstić information content (AvgIpc) is 3.12. The molecule has 1 fully saturated rings. The Hall–Kier alpha value is -2.98. The predicted octanol–water partition coefficient (Wildman–Crippen LogP) is 2.71. The van der Waals surface area contributed by atoms with E-state index in [1.807, 2.05) is 6.07 Å². The first-order chi connectivity index (χ1) is 16.4. The average molecular weight is 459 g/mol. The first-order valence-corrected chi connectivity index (χ1v) is 12.1. The van der Waals surface area contributed by atoms with E-state index < -0.39 is 0 Å². The number of imide groups is 1. The Balaban J connectivity index is 1.37. The van der Waals surface area contributed by atoms with Crippen molar-refractivity contribution in [3.05, 3.63) is 70.3 Å². The van der Waals surface area contributed by atoms with Crippen molar-refractivity contribution < 1.29 is 9.59 Å². The van der Waals surface area contributed by atoms with Crippen LogP contribution in [0.15, 0.2) is 42.5 Å². The molecule has 4 rings (SSSR count). The smallest absolute Gasteiger partial charge is 0.261 e. The third kappa shape index (κ3) is 5.74. The predicted molar refractivity (Wildman–Crippen MR) is 135 cm³/mol. The van der Waals surface area contributed by atoms with Gasteiger partial charge in [0, 0.05) is 64.3 Å². The topological polar surface area (TPSA) is 47.1 Å². The van der Waals surface area contributed by atoms with Gasteiger partial charge in [0.1, 0.15) is 0 Å². The van der Waals surface area contributed by atoms with Crippen molar-refractivity contribution in [3.8, 4) is 11.8 Å². The number of benzene rings is 2. The number of carbonyl (C=O) groups excluding carboxylic acids is 2. The van der Waals surface area contributed by atoms with Gasteiger partial charge < -0.3 is 9.80 Å². The summed E-state index contributed by atoms with van der Waals surface area (Å²) in [5.74, 6) is 5.95. The zero-order valence-corrected chi connectivity index (χ0v) is 20.5. The molecule has 0 unspecified atom stereocenters. The summed E-state index contributed by atoms with van der Waals surface area (Å²) in [4.78, 5) is 33.6. The van der Waals surface area contributed by atoms with E-state index in [9.17, 15) is 9.59 Å². The molecule has 0 aromatic heterocycles. The normalized spacial score (nSPS) is 18.1. The number of hydrogen-bond acceptors (Lipinski definition) is 5. The Kier molecular flexibility index (Phi) is 7.79. The Morgan fingerprint density at radius 2 is 1.41 bits per heavy atom. The van der Waals surface area contributed by atoms with E-state index in [4.69, 9.17) is 0 Å². The van der Waals surface area contributed by atoms with Gasteiger partial charge in [0.25, 0.3) is 11.8 Å². The lowest BCUT2D eigenvalue weighted by atomic mass is 10.0. The van der Waals surface area contributed by atoms with Crippen molar-refractivity contribution in [3.63, 3.8) is 0 Å². The summed E-state index contributed by atoms with van der Waals surface area (Å²) in [5, 5.41) is 0. The molecule has 6 nitrogen and oxygen atoms in total. The third-order valence-corrected chi connectivity index (χ3v) is 6.77. The first kappa shape index (κ1) is 24.2. The van der Waals surface area contributed by atoms with Crippen LogP contribution < -0.4 is 0 Å². The molecule has 1 saturated heterocycles. The highest BCUT2D eigenvalue weighted by Gasteiger charge is 2.34. The van der Waals surface area contributed by atoms with E-state index in [1.165, 1.54) is 16.0 Å². The van der Waals surface area contributed by atoms with E-state index in [-0.39, 0.29) is 11.8 Å². The fraction of sp³-hybridized carbons (Fsp3) is 0.429. The molecular weight excluding hydrogens is 424 g/mol. The maximum absolute atomic E-state index is 12.5. The SMILES string of the molecule is Cc1ccc(C#CCCN2C(=O)c3ccccc3C2=O)cc1CN1CCN(C)CCN(C)CC1. The molecular formula is C28H34N4O2. The molecule has 0 aliphatic carbocycles. The van der Waals surface area contributed by atoms with Gasteiger partial charge in [-0.2, -0.15) is 0 Å². The lowest BCUT2D eigenvalue weighted by Gasteiger charge is -2.25. The Morgan fingerprint density at radius 1 is 0.824 bits per heavy atom. The zero-order valence-electron chi connectivity index (χ0n) is 20.5. The number of nitrogens with zero attached hydrogens (tertiary/aromatic N) is 4. The van der Waals surface area contributed by atoms with Crippen LogP contribution in [0.1, 0.15) is 43.8 Å². The Labute approximate surface area is 203 Å². The summed E-state index contributed by atoms with van der Waals surface area (Å²) < 4.78 is 0. The number of fused-ring (bicyclic) bond motifs is 1. The van der Waals surface area contributed by atoms with E-state index >= 15 is 0 Å². The van der Waals surface area contributed by atoms with Gasteiger partial charge in [-0.25, -0.2) is 0 Å². The quantitative estimate of drug-likeness (QED) is 0.521. The number of likely N-dealkylation sites (N-methyl/N-ethyl adjacent to an activating group) is 2. The van der Waals surface area contributed by atoms with E-state index in [2.05, 4.69) is 59.7 Å². The second kappa shape index (κ2) is 11.0. The number of rotatable bonds is 4. The highest BCUT2D eigenvalue weighted by atomic mass is 16.2. The van der Waals surface area contributed by atoms with Gasteiger partial charge in [-0.1, -0.05) is 30.0 Å². The largest absolute Gasteiger partial charge is 0.304 e. The fourth-order valence-electron chi connectivity index (χ4n) is 4.39. The highest BCUT2D eigenvalue weighted by Crippen LogP contribution is 2.22. The van der Waals surface area contributed by atoms with Crippen LogP contribution in [0.2, 0.25) is 0 Å². The van der Waals surface area contributed by atoms with Crippen LogP contribution >= 0.6 is 0 Å². The Bertz CT molecular complexity index is 1070. The van der Waals surface area contributed by atoms with Gasteiger partial charge in [0.2, 0.25) is 0 Å². The molecule has 0 saturated carbocycles. The molecule has 178 valence electrons. The summed E-state index contributed by atoms with van der Waals surface area (Å²) in [6.07, 6.45) is 0.458. The summed E-state index contributed by atoms with van der Waals surface area (Å²) in [6.45, 7) is 9.85. The molecule has 2 aliphatic heterocycles. The lowest BCUT2D eigenvalue weighted by Crippen LogP contribution is -2.34. The lowest BCUT2D eigenvalue weighted by molar-refractivity contribution is 0.0658. The summed E-state index contributed by atoms with van der Waals surface area (Å²) in [5.41, 5.74) is 4.53. The molecule has 0 radical (unpaired) electrons. The van der Waals surface area contributed by atoms with Crippen LogP contribution in [-0.4, -0.2) is 91.3 Å². The van der Waals surface area contributed by atoms with Gasteiger partial charge >= 0.3 is 0 Å². The standard InChI is InChI=1S/C28H34N4O2/c1-22-11-12-23(20-24(22)21-31-18-16-29(2)14-15-30(3)17-19-31)8-6-7-13-32-27(33)25-9-4-5-10-26(25)28(32)34/h4-5,9-12,20H,7,13-19,21H2,1-3H3. The molecule has 0 atom stereocenters. The Morgan fingerprint density at radius 3 is 2.03 bits per heavy atom. The van der Waals surface area contributed by atoms with Crippen molar-refractivity contribution in [2.45, 2.75) is 19.9 Å². The van der Waals surface area contributed by atoms with Crippen LogP contribution in [0.5, 0.6) is 0 Å². The van der Waals surface area contributed by atoms with Crippen LogP contribution in [0, 0.1) is 18.8 Å². The molecule has 0 bridgehead atoms. The second-order valence-corrected chi connectivity index (χ2v) is 9.38. The van der Waals surface area contributed by atoms with Crippen LogP contribution in [0.4, 0.5) is 0 Å². The minimum Gasteiger partial charge on any atom is -0.304 e. The van der Waals surface area contributed by atoms with Crippen molar-refractivity contribution in [1.29, 1.82) is 0 Å². The molecule has 2 heterocycles. The molecule has 34 heavy (non-hydrogen) atoms. The highest BCUT2D eigenvalue weighted by molar-refractivity contribution is 6.21. The van der Waals surface area contributed by atoms with Gasteiger partial charge in [-0.3, -0.25) is 19.4 Å². The maximum atomic E-state index is 12.5. The van der Waals surface area contributed by atoms with Gasteiger partial charge in [0.05, 0.1) is 11.1 Å². The molecule has 2 aromatic carbocycles. The van der Waals surface area contributed by atoms with Gasteiger partial charge in [0.15, 0.2) is 0 Å². The minimum absolute atomic E-state index is 0.222. The molecule has 2 aliphatic rings. The molecule has 2 aromatic rings. The maximum Gasteiger partial charge on any atom is 0.261 e. The van der Waals surface area contributed by atoms with Gasteiger partial charge in [-0.05, 0) is 56.4 Å². The number of hydrogen-bond donors (Lipinski definition) is 0. The zero-order chi connectivity index (χ0) is 24.1. The van der Waals surface area contributed by atoms with Crippen LogP contribution in [0.3, 0.4) is 0 Å². The van der Waals surface area contributed by atoms with Gasteiger partial charge in [-0.15, -0.1) is 0 Å². The molecule has 0 N–H and O–H groups in total. The number of carbonyl (C=O) groups is 2. The van der Waals surface area contributed by atoms with Crippen molar-refractivity contribution >= 4 is 11.8 Å². The first-order valence-electron chi connectivity index (χ1n) is 12.1. The second-order valence-electron chi connectivity index (χ2n) is 9.38. The summed E-state index contributed by atoms with van der Waals surface area (Å²) in [6, 6.07) is 13.4. The molecule has 0 spiro atoms. The van der Waals surface area contributed by atoms with Crippen LogP contribution in [0.25, 0.3) is 0 Å².